The van der Waals surface area contributed by atoms with Gasteiger partial charge in [0.25, 0.3) is 11.8 Å². The molecule has 1 aliphatic rings. The number of carbonyl (C=O) groups is 3. The van der Waals surface area contributed by atoms with Crippen molar-refractivity contribution in [3.8, 4) is 0 Å². The van der Waals surface area contributed by atoms with Gasteiger partial charge >= 0.3 is 5.97 Å². The van der Waals surface area contributed by atoms with E-state index in [0.29, 0.717) is 11.1 Å². The number of methoxy groups -OCH3 is 1. The minimum Gasteiger partial charge on any atom is -0.467 e. The second-order valence-electron chi connectivity index (χ2n) is 6.27. The molecule has 3 aromatic rings. The molecule has 4 rings (SSSR count). The first kappa shape index (κ1) is 17.5. The lowest BCUT2D eigenvalue weighted by Crippen LogP contribution is -2.46. The van der Waals surface area contributed by atoms with Crippen molar-refractivity contribution < 1.29 is 19.1 Å². The minimum absolute atomic E-state index is 0.161. The van der Waals surface area contributed by atoms with E-state index in [2.05, 4.69) is 20.9 Å². The number of hydrogen-bond acceptors (Lipinski definition) is 4. The van der Waals surface area contributed by atoms with Gasteiger partial charge < -0.3 is 9.72 Å². The monoisotopic (exact) mass is 426 g/mol. The zero-order valence-electron chi connectivity index (χ0n) is 14.4. The van der Waals surface area contributed by atoms with Crippen molar-refractivity contribution in [1.82, 2.24) is 9.88 Å². The number of H-pyrrole nitrogens is 1. The van der Waals surface area contributed by atoms with Crippen LogP contribution in [0.4, 0.5) is 0 Å². The summed E-state index contributed by atoms with van der Waals surface area (Å²) < 4.78 is 5.79. The Kier molecular flexibility index (Phi) is 4.31. The Labute approximate surface area is 163 Å². The van der Waals surface area contributed by atoms with Crippen LogP contribution in [0.1, 0.15) is 26.3 Å². The summed E-state index contributed by atoms with van der Waals surface area (Å²) in [6, 6.07) is 11.3. The Bertz CT molecular complexity index is 1050. The van der Waals surface area contributed by atoms with Crippen LogP contribution in [0.5, 0.6) is 0 Å². The Hall–Kier alpha value is -2.93. The number of benzene rings is 2. The van der Waals surface area contributed by atoms with E-state index in [1.54, 1.807) is 30.5 Å². The van der Waals surface area contributed by atoms with Gasteiger partial charge in [0.05, 0.1) is 18.2 Å². The number of nitrogens with one attached hydrogen (secondary N) is 1. The summed E-state index contributed by atoms with van der Waals surface area (Å²) in [5.74, 6) is -1.59. The SMILES string of the molecule is COC(=O)[C@H](Cc1c[nH]c2ccc(Br)cc12)N1C(=O)c2ccccc2C1=O. The number of imide groups is 1. The zero-order valence-corrected chi connectivity index (χ0v) is 15.9. The average molecular weight is 427 g/mol. The number of hydrogen-bond donors (Lipinski definition) is 1. The molecular weight excluding hydrogens is 412 g/mol. The molecule has 1 N–H and O–H groups in total. The van der Waals surface area contributed by atoms with Crippen LogP contribution >= 0.6 is 15.9 Å². The van der Waals surface area contributed by atoms with Crippen LogP contribution in [0.2, 0.25) is 0 Å². The van der Waals surface area contributed by atoms with E-state index in [4.69, 9.17) is 4.74 Å². The summed E-state index contributed by atoms with van der Waals surface area (Å²) in [7, 11) is 1.25. The first-order chi connectivity index (χ1) is 13.0. The molecule has 0 radical (unpaired) electrons. The molecule has 0 aliphatic carbocycles. The van der Waals surface area contributed by atoms with Crippen LogP contribution in [0.3, 0.4) is 0 Å². The molecule has 0 saturated carbocycles. The number of ether oxygens (including phenoxy) is 1. The van der Waals surface area contributed by atoms with Gasteiger partial charge in [0, 0.05) is 28.0 Å². The summed E-state index contributed by atoms with van der Waals surface area (Å²) in [5.41, 5.74) is 2.33. The number of fused-ring (bicyclic) bond motifs is 2. The van der Waals surface area contributed by atoms with Gasteiger partial charge in [-0.05, 0) is 35.9 Å². The highest BCUT2D eigenvalue weighted by Gasteiger charge is 2.43. The topological polar surface area (TPSA) is 79.5 Å². The van der Waals surface area contributed by atoms with Crippen molar-refractivity contribution in [2.45, 2.75) is 12.5 Å². The van der Waals surface area contributed by atoms with E-state index in [-0.39, 0.29) is 6.42 Å². The number of carbonyl (C=O) groups excluding carboxylic acids is 3. The maximum Gasteiger partial charge on any atom is 0.329 e. The maximum atomic E-state index is 12.8. The Morgan fingerprint density at radius 1 is 1.15 bits per heavy atom. The Morgan fingerprint density at radius 3 is 2.44 bits per heavy atom. The van der Waals surface area contributed by atoms with Gasteiger partial charge in [0.15, 0.2) is 0 Å². The molecule has 1 atom stereocenters. The molecule has 27 heavy (non-hydrogen) atoms. The molecule has 6 nitrogen and oxygen atoms in total. The van der Waals surface area contributed by atoms with E-state index in [0.717, 1.165) is 25.8 Å². The van der Waals surface area contributed by atoms with Crippen LogP contribution in [0.25, 0.3) is 10.9 Å². The van der Waals surface area contributed by atoms with Crippen molar-refractivity contribution >= 4 is 44.6 Å². The Morgan fingerprint density at radius 2 is 1.81 bits per heavy atom. The number of nitrogens with zero attached hydrogens (tertiary/aromatic N) is 1. The number of amides is 2. The molecule has 2 aromatic carbocycles. The fraction of sp³-hybridized carbons (Fsp3) is 0.150. The first-order valence-electron chi connectivity index (χ1n) is 8.31. The molecule has 0 saturated heterocycles. The van der Waals surface area contributed by atoms with Crippen LogP contribution in [0.15, 0.2) is 53.1 Å². The van der Waals surface area contributed by atoms with Crippen LogP contribution in [0, 0.1) is 0 Å². The predicted octanol–water partition coefficient (Wildman–Crippen LogP) is 3.31. The average Bonchev–Trinajstić information content (AvgIpc) is 3.18. The van der Waals surface area contributed by atoms with Gasteiger partial charge in [-0.2, -0.15) is 0 Å². The Balaban J connectivity index is 1.75. The summed E-state index contributed by atoms with van der Waals surface area (Å²) in [4.78, 5) is 42.2. The molecule has 1 aliphatic heterocycles. The summed E-state index contributed by atoms with van der Waals surface area (Å²) in [5, 5.41) is 0.912. The largest absolute Gasteiger partial charge is 0.467 e. The normalized spacial score (nSPS) is 14.5. The second-order valence-corrected chi connectivity index (χ2v) is 7.19. The van der Waals surface area contributed by atoms with E-state index in [1.165, 1.54) is 7.11 Å². The molecule has 2 heterocycles. The number of rotatable bonds is 4. The predicted molar refractivity (Wildman–Crippen MR) is 102 cm³/mol. The van der Waals surface area contributed by atoms with Gasteiger partial charge in [-0.3, -0.25) is 14.5 Å². The fourth-order valence-electron chi connectivity index (χ4n) is 3.43. The van der Waals surface area contributed by atoms with Gasteiger partial charge in [-0.15, -0.1) is 0 Å². The van der Waals surface area contributed by atoms with Crippen LogP contribution in [-0.4, -0.2) is 40.8 Å². The van der Waals surface area contributed by atoms with Crippen molar-refractivity contribution in [2.24, 2.45) is 0 Å². The third kappa shape index (κ3) is 2.84. The molecule has 1 aromatic heterocycles. The first-order valence-corrected chi connectivity index (χ1v) is 9.11. The highest BCUT2D eigenvalue weighted by atomic mass is 79.9. The highest BCUT2D eigenvalue weighted by molar-refractivity contribution is 9.10. The molecule has 7 heteroatoms. The molecule has 0 fully saturated rings. The summed E-state index contributed by atoms with van der Waals surface area (Å²) >= 11 is 3.44. The fourth-order valence-corrected chi connectivity index (χ4v) is 3.80. The van der Waals surface area contributed by atoms with Crippen molar-refractivity contribution in [3.05, 3.63) is 69.8 Å². The standard InChI is InChI=1S/C20H15BrN2O4/c1-27-20(26)17(8-11-10-22-16-7-6-12(21)9-15(11)16)23-18(24)13-4-2-3-5-14(13)19(23)25/h2-7,9-10,17,22H,8H2,1H3/t17-/m0/s1. The third-order valence-corrected chi connectivity index (χ3v) is 5.25. The van der Waals surface area contributed by atoms with Crippen LogP contribution < -0.4 is 0 Å². The van der Waals surface area contributed by atoms with Crippen molar-refractivity contribution in [3.63, 3.8) is 0 Å². The quantitative estimate of drug-likeness (QED) is 0.512. The lowest BCUT2D eigenvalue weighted by atomic mass is 10.0. The lowest BCUT2D eigenvalue weighted by molar-refractivity contribution is -0.145. The second kappa shape index (κ2) is 6.66. The molecular formula is C20H15BrN2O4. The third-order valence-electron chi connectivity index (χ3n) is 4.75. The molecule has 136 valence electrons. The van der Waals surface area contributed by atoms with Crippen LogP contribution in [-0.2, 0) is 16.0 Å². The number of aromatic amines is 1. The van der Waals surface area contributed by atoms with Gasteiger partial charge in [0.2, 0.25) is 0 Å². The lowest BCUT2D eigenvalue weighted by Gasteiger charge is -2.23. The zero-order chi connectivity index (χ0) is 19.1. The molecule has 2 amide bonds. The van der Waals surface area contributed by atoms with Gasteiger partial charge in [-0.25, -0.2) is 4.79 Å². The number of esters is 1. The molecule has 0 spiro atoms. The molecule has 0 unspecified atom stereocenters. The van der Waals surface area contributed by atoms with E-state index in [1.807, 2.05) is 18.2 Å². The smallest absolute Gasteiger partial charge is 0.329 e. The summed E-state index contributed by atoms with van der Waals surface area (Å²) in [6.45, 7) is 0. The number of aromatic nitrogens is 1. The van der Waals surface area contributed by atoms with E-state index in [9.17, 15) is 14.4 Å². The van der Waals surface area contributed by atoms with Crippen molar-refractivity contribution in [2.75, 3.05) is 7.11 Å². The van der Waals surface area contributed by atoms with Crippen molar-refractivity contribution in [1.29, 1.82) is 0 Å². The highest BCUT2D eigenvalue weighted by Crippen LogP contribution is 2.29. The number of halogens is 1. The van der Waals surface area contributed by atoms with E-state index < -0.39 is 23.8 Å². The minimum atomic E-state index is -1.04. The maximum absolute atomic E-state index is 12.8. The van der Waals surface area contributed by atoms with Gasteiger partial charge in [0.1, 0.15) is 6.04 Å². The van der Waals surface area contributed by atoms with Gasteiger partial charge in [-0.1, -0.05) is 28.1 Å². The van der Waals surface area contributed by atoms with E-state index >= 15 is 0 Å². The molecule has 0 bridgehead atoms. The summed E-state index contributed by atoms with van der Waals surface area (Å²) in [6.07, 6.45) is 1.94.